The molecule has 1 N–H and O–H groups in total. The van der Waals surface area contributed by atoms with Crippen LogP contribution in [0.2, 0.25) is 0 Å². The van der Waals surface area contributed by atoms with Crippen LogP contribution in [0.3, 0.4) is 0 Å². The highest BCUT2D eigenvalue weighted by Crippen LogP contribution is 2.27. The zero-order valence-corrected chi connectivity index (χ0v) is 12.3. The molecule has 2 aromatic rings. The molecule has 102 valence electrons. The molecule has 0 spiro atoms. The van der Waals surface area contributed by atoms with Crippen LogP contribution >= 0.6 is 0 Å². The molecule has 0 atom stereocenters. The highest BCUT2D eigenvalue weighted by molar-refractivity contribution is 5.93. The van der Waals surface area contributed by atoms with Gasteiger partial charge in [-0.25, -0.2) is 0 Å². The summed E-state index contributed by atoms with van der Waals surface area (Å²) in [5, 5.41) is 4.49. The van der Waals surface area contributed by atoms with E-state index in [0.29, 0.717) is 0 Å². The molecule has 1 heterocycles. The smallest absolute Gasteiger partial charge is 0.0727 e. The van der Waals surface area contributed by atoms with E-state index in [1.165, 1.54) is 11.1 Å². The number of aromatic nitrogens is 1. The minimum atomic E-state index is 0.961. The first kappa shape index (κ1) is 13.7. The fourth-order valence-corrected chi connectivity index (χ4v) is 2.44. The van der Waals surface area contributed by atoms with Crippen molar-refractivity contribution in [2.75, 3.05) is 30.4 Å². The minimum Gasteiger partial charge on any atom is -0.388 e. The third-order valence-electron chi connectivity index (χ3n) is 3.61. The minimum absolute atomic E-state index is 0.961. The Morgan fingerprint density at radius 2 is 1.84 bits per heavy atom. The van der Waals surface area contributed by atoms with Crippen LogP contribution in [-0.2, 0) is 6.42 Å². The van der Waals surface area contributed by atoms with Crippen molar-refractivity contribution in [1.29, 1.82) is 0 Å². The highest BCUT2D eigenvalue weighted by atomic mass is 15.1. The summed E-state index contributed by atoms with van der Waals surface area (Å²) in [6.07, 6.45) is 0.961. The third-order valence-corrected chi connectivity index (χ3v) is 3.61. The highest BCUT2D eigenvalue weighted by Gasteiger charge is 2.07. The van der Waals surface area contributed by atoms with Crippen molar-refractivity contribution in [3.63, 3.8) is 0 Å². The van der Waals surface area contributed by atoms with E-state index in [-0.39, 0.29) is 0 Å². The van der Waals surface area contributed by atoms with Crippen LogP contribution in [0.15, 0.2) is 24.3 Å². The second-order valence-corrected chi connectivity index (χ2v) is 4.64. The van der Waals surface area contributed by atoms with E-state index in [2.05, 4.69) is 55.3 Å². The molecule has 0 aliphatic heterocycles. The summed E-state index contributed by atoms with van der Waals surface area (Å²) in [6.45, 7) is 8.56. The summed E-state index contributed by atoms with van der Waals surface area (Å²) in [5.41, 5.74) is 4.63. The van der Waals surface area contributed by atoms with E-state index in [1.807, 2.05) is 7.05 Å². The average Bonchev–Trinajstić information content (AvgIpc) is 2.47. The maximum atomic E-state index is 4.70. The van der Waals surface area contributed by atoms with Gasteiger partial charge in [-0.3, -0.25) is 4.98 Å². The van der Waals surface area contributed by atoms with Gasteiger partial charge in [-0.05, 0) is 44.5 Å². The first-order valence-corrected chi connectivity index (χ1v) is 7.09. The van der Waals surface area contributed by atoms with Crippen LogP contribution in [-0.4, -0.2) is 25.1 Å². The first-order valence-electron chi connectivity index (χ1n) is 7.09. The Morgan fingerprint density at radius 1 is 1.11 bits per heavy atom. The maximum absolute atomic E-state index is 4.70. The van der Waals surface area contributed by atoms with Crippen LogP contribution in [0.4, 0.5) is 11.4 Å². The second kappa shape index (κ2) is 5.91. The van der Waals surface area contributed by atoms with Crippen LogP contribution in [0, 0.1) is 0 Å². The van der Waals surface area contributed by atoms with Gasteiger partial charge in [0.25, 0.3) is 0 Å². The molecule has 19 heavy (non-hydrogen) atoms. The van der Waals surface area contributed by atoms with Crippen molar-refractivity contribution in [3.8, 4) is 0 Å². The predicted octanol–water partition coefficient (Wildman–Crippen LogP) is 3.69. The van der Waals surface area contributed by atoms with Crippen LogP contribution in [0.25, 0.3) is 10.9 Å². The number of rotatable bonds is 5. The lowest BCUT2D eigenvalue weighted by atomic mass is 10.1. The average molecular weight is 257 g/mol. The Morgan fingerprint density at radius 3 is 2.42 bits per heavy atom. The molecule has 0 fully saturated rings. The van der Waals surface area contributed by atoms with Gasteiger partial charge in [-0.15, -0.1) is 0 Å². The number of benzene rings is 1. The molecule has 0 radical (unpaired) electrons. The molecule has 2 rings (SSSR count). The number of fused-ring (bicyclic) bond motifs is 1. The van der Waals surface area contributed by atoms with Gasteiger partial charge >= 0.3 is 0 Å². The van der Waals surface area contributed by atoms with Crippen molar-refractivity contribution in [2.45, 2.75) is 27.2 Å². The number of nitrogens with zero attached hydrogens (tertiary/aromatic N) is 2. The van der Waals surface area contributed by atoms with Gasteiger partial charge in [0.05, 0.1) is 5.52 Å². The summed E-state index contributed by atoms with van der Waals surface area (Å²) in [7, 11) is 1.97. The zero-order chi connectivity index (χ0) is 13.8. The fourth-order valence-electron chi connectivity index (χ4n) is 2.44. The van der Waals surface area contributed by atoms with Crippen LogP contribution in [0.5, 0.6) is 0 Å². The molecular weight excluding hydrogens is 234 g/mol. The lowest BCUT2D eigenvalue weighted by Crippen LogP contribution is -2.21. The van der Waals surface area contributed by atoms with Gasteiger partial charge in [0.1, 0.15) is 0 Å². The van der Waals surface area contributed by atoms with Gasteiger partial charge in [0, 0.05) is 42.6 Å². The maximum Gasteiger partial charge on any atom is 0.0727 e. The van der Waals surface area contributed by atoms with E-state index in [1.54, 1.807) is 0 Å². The van der Waals surface area contributed by atoms with Crippen LogP contribution < -0.4 is 10.2 Å². The molecule has 0 saturated heterocycles. The molecule has 1 aromatic carbocycles. The van der Waals surface area contributed by atoms with Gasteiger partial charge in [0.2, 0.25) is 0 Å². The topological polar surface area (TPSA) is 28.2 Å². The number of hydrogen-bond acceptors (Lipinski definition) is 3. The molecule has 0 unspecified atom stereocenters. The summed E-state index contributed by atoms with van der Waals surface area (Å²) >= 11 is 0. The van der Waals surface area contributed by atoms with E-state index in [0.717, 1.165) is 36.4 Å². The normalized spacial score (nSPS) is 10.7. The fraction of sp³-hybridized carbons (Fsp3) is 0.438. The van der Waals surface area contributed by atoms with Gasteiger partial charge in [0.15, 0.2) is 0 Å². The molecule has 0 amide bonds. The van der Waals surface area contributed by atoms with Crippen molar-refractivity contribution in [1.82, 2.24) is 4.98 Å². The Bertz CT molecular complexity index is 559. The number of hydrogen-bond donors (Lipinski definition) is 1. The van der Waals surface area contributed by atoms with Crippen molar-refractivity contribution >= 4 is 22.3 Å². The van der Waals surface area contributed by atoms with Gasteiger partial charge in [-0.1, -0.05) is 6.92 Å². The summed E-state index contributed by atoms with van der Waals surface area (Å²) < 4.78 is 0. The Balaban J connectivity index is 2.58. The molecule has 3 nitrogen and oxygen atoms in total. The van der Waals surface area contributed by atoms with E-state index < -0.39 is 0 Å². The molecule has 1 aromatic heterocycles. The molecule has 0 aliphatic carbocycles. The van der Waals surface area contributed by atoms with E-state index in [4.69, 9.17) is 4.98 Å². The number of aryl methyl sites for hydroxylation is 1. The Labute approximate surface area is 115 Å². The molecule has 0 aliphatic rings. The molecule has 0 saturated carbocycles. The largest absolute Gasteiger partial charge is 0.388 e. The van der Waals surface area contributed by atoms with Gasteiger partial charge in [-0.2, -0.15) is 0 Å². The Hall–Kier alpha value is -1.77. The first-order chi connectivity index (χ1) is 9.23. The molecule has 0 bridgehead atoms. The number of pyridine rings is 1. The molecule has 3 heteroatoms. The van der Waals surface area contributed by atoms with Crippen LogP contribution in [0.1, 0.15) is 26.5 Å². The lowest BCUT2D eigenvalue weighted by Gasteiger charge is -2.21. The Kier molecular flexibility index (Phi) is 4.25. The summed E-state index contributed by atoms with van der Waals surface area (Å²) in [6, 6.07) is 8.68. The van der Waals surface area contributed by atoms with Crippen molar-refractivity contribution in [2.24, 2.45) is 0 Å². The molecular formula is C16H23N3. The monoisotopic (exact) mass is 257 g/mol. The zero-order valence-electron chi connectivity index (χ0n) is 12.3. The second-order valence-electron chi connectivity index (χ2n) is 4.64. The van der Waals surface area contributed by atoms with Gasteiger partial charge < -0.3 is 10.2 Å². The van der Waals surface area contributed by atoms with E-state index in [9.17, 15) is 0 Å². The predicted molar refractivity (Wildman–Crippen MR) is 84.2 cm³/mol. The number of anilines is 2. The SMILES string of the molecule is CCc1cc(NC)c2cc(N(CC)CC)ccc2n1. The van der Waals surface area contributed by atoms with Crippen molar-refractivity contribution in [3.05, 3.63) is 30.0 Å². The third kappa shape index (κ3) is 2.65. The quantitative estimate of drug-likeness (QED) is 0.885. The van der Waals surface area contributed by atoms with Crippen molar-refractivity contribution < 1.29 is 0 Å². The summed E-state index contributed by atoms with van der Waals surface area (Å²) in [5.74, 6) is 0. The van der Waals surface area contributed by atoms with E-state index >= 15 is 0 Å². The number of nitrogens with one attached hydrogen (secondary N) is 1. The lowest BCUT2D eigenvalue weighted by molar-refractivity contribution is 0.867. The standard InChI is InChI=1S/C16H23N3/c1-5-12-10-16(17-4)14-11-13(19(6-2)7-3)8-9-15(14)18-12/h8-11H,5-7H2,1-4H3,(H,17,18). The summed E-state index contributed by atoms with van der Waals surface area (Å²) in [4.78, 5) is 7.05.